The number of pyridine rings is 2. The van der Waals surface area contributed by atoms with Crippen molar-refractivity contribution in [3.8, 4) is 23.2 Å². The van der Waals surface area contributed by atoms with E-state index in [1.807, 2.05) is 37.4 Å². The summed E-state index contributed by atoms with van der Waals surface area (Å²) in [5, 5.41) is 14.0. The van der Waals surface area contributed by atoms with Gasteiger partial charge in [0.1, 0.15) is 17.1 Å². The smallest absolute Gasteiger partial charge is 0.217 e. The molecule has 6 heteroatoms. The van der Waals surface area contributed by atoms with Crippen molar-refractivity contribution in [2.75, 3.05) is 0 Å². The zero-order valence-electron chi connectivity index (χ0n) is 23.8. The Hall–Kier alpha value is -3.69. The van der Waals surface area contributed by atoms with Crippen molar-refractivity contribution < 1.29 is 30.9 Å². The predicted molar refractivity (Wildman–Crippen MR) is 159 cm³/mol. The molecule has 6 aromatic rings. The van der Waals surface area contributed by atoms with Crippen LogP contribution in [0.3, 0.4) is 0 Å². The van der Waals surface area contributed by atoms with E-state index in [9.17, 15) is 5.11 Å². The molecular weight excluding hydrogens is 677 g/mol. The van der Waals surface area contributed by atoms with Gasteiger partial charge in [0, 0.05) is 50.0 Å². The van der Waals surface area contributed by atoms with Gasteiger partial charge in [0.15, 0.2) is 0 Å². The molecular formula is C34H32N3O2Pt-. The Morgan fingerprint density at radius 1 is 0.850 bits per heavy atom. The van der Waals surface area contributed by atoms with Crippen LogP contribution in [-0.4, -0.2) is 19.6 Å². The van der Waals surface area contributed by atoms with Crippen LogP contribution in [0.2, 0.25) is 0 Å². The van der Waals surface area contributed by atoms with Crippen molar-refractivity contribution in [2.24, 2.45) is 0 Å². The van der Waals surface area contributed by atoms with E-state index in [1.54, 1.807) is 6.07 Å². The van der Waals surface area contributed by atoms with E-state index in [0.29, 0.717) is 17.1 Å². The number of aromatic hydroxyl groups is 1. The molecule has 0 unspecified atom stereocenters. The van der Waals surface area contributed by atoms with Gasteiger partial charge >= 0.3 is 0 Å². The molecule has 6 rings (SSSR count). The van der Waals surface area contributed by atoms with E-state index in [4.69, 9.17) is 9.72 Å². The van der Waals surface area contributed by atoms with Gasteiger partial charge in [0.25, 0.3) is 0 Å². The Labute approximate surface area is 249 Å². The van der Waals surface area contributed by atoms with Gasteiger partial charge in [-0.25, -0.2) is 9.97 Å². The fourth-order valence-corrected chi connectivity index (χ4v) is 5.34. The average molecular weight is 710 g/mol. The predicted octanol–water partition coefficient (Wildman–Crippen LogP) is 8.55. The van der Waals surface area contributed by atoms with E-state index in [0.717, 1.165) is 44.3 Å². The number of aryl methyl sites for hydroxylation is 4. The summed E-state index contributed by atoms with van der Waals surface area (Å²) in [6.45, 7) is 14.8. The first-order valence-corrected chi connectivity index (χ1v) is 13.2. The van der Waals surface area contributed by atoms with E-state index in [2.05, 4.69) is 81.4 Å². The second kappa shape index (κ2) is 10.0. The number of ether oxygens (including phenoxy) is 1. The molecule has 3 aromatic heterocycles. The molecule has 0 spiro atoms. The fraction of sp³-hybridized carbons (Fsp3) is 0.235. The summed E-state index contributed by atoms with van der Waals surface area (Å²) < 4.78 is 8.46. The van der Waals surface area contributed by atoms with E-state index in [1.165, 1.54) is 16.5 Å². The van der Waals surface area contributed by atoms with Gasteiger partial charge in [-0.2, -0.15) is 0 Å². The maximum atomic E-state index is 10.8. The fourth-order valence-electron chi connectivity index (χ4n) is 5.34. The maximum absolute atomic E-state index is 10.8. The minimum Gasteiger partial charge on any atom is -0.506 e. The zero-order chi connectivity index (χ0) is 27.6. The van der Waals surface area contributed by atoms with Crippen LogP contribution in [0.5, 0.6) is 17.4 Å². The molecule has 0 aliphatic heterocycles. The Bertz CT molecular complexity index is 1920. The number of benzene rings is 3. The minimum atomic E-state index is -0.0792. The molecule has 0 bridgehead atoms. The number of hydrogen-bond acceptors (Lipinski definition) is 4. The molecule has 0 amide bonds. The van der Waals surface area contributed by atoms with Crippen LogP contribution < -0.4 is 4.74 Å². The van der Waals surface area contributed by atoms with Gasteiger partial charge in [0.2, 0.25) is 5.88 Å². The molecule has 0 saturated heterocycles. The summed E-state index contributed by atoms with van der Waals surface area (Å²) in [5.74, 6) is 1.95. The summed E-state index contributed by atoms with van der Waals surface area (Å²) in [7, 11) is 0. The van der Waals surface area contributed by atoms with Crippen LogP contribution in [0, 0.1) is 33.8 Å². The first-order chi connectivity index (χ1) is 18.5. The topological polar surface area (TPSA) is 60.2 Å². The monoisotopic (exact) mass is 709 g/mol. The van der Waals surface area contributed by atoms with E-state index in [-0.39, 0.29) is 32.2 Å². The van der Waals surface area contributed by atoms with Crippen molar-refractivity contribution in [3.63, 3.8) is 0 Å². The average Bonchev–Trinajstić information content (AvgIpc) is 3.23. The number of aromatic nitrogens is 3. The first-order valence-electron chi connectivity index (χ1n) is 13.2. The Kier molecular flexibility index (Phi) is 7.00. The summed E-state index contributed by atoms with van der Waals surface area (Å²) in [4.78, 5) is 9.42. The summed E-state index contributed by atoms with van der Waals surface area (Å²) in [5.41, 5.74) is 8.10. The minimum absolute atomic E-state index is 0. The number of hydrogen-bond donors (Lipinski definition) is 1. The third-order valence-electron chi connectivity index (χ3n) is 7.46. The Morgan fingerprint density at radius 2 is 1.60 bits per heavy atom. The number of rotatable bonds is 3. The molecule has 0 radical (unpaired) electrons. The van der Waals surface area contributed by atoms with Crippen molar-refractivity contribution in [1.82, 2.24) is 14.5 Å². The van der Waals surface area contributed by atoms with Crippen molar-refractivity contribution in [2.45, 2.75) is 53.9 Å². The molecule has 0 saturated carbocycles. The van der Waals surface area contributed by atoms with Gasteiger partial charge in [-0.05, 0) is 72.5 Å². The summed E-state index contributed by atoms with van der Waals surface area (Å²) in [6.07, 6.45) is 1.89. The van der Waals surface area contributed by atoms with Gasteiger partial charge in [-0.3, -0.25) is 0 Å². The van der Waals surface area contributed by atoms with E-state index < -0.39 is 0 Å². The number of fused-ring (bicyclic) bond motifs is 4. The first kappa shape index (κ1) is 27.9. The third kappa shape index (κ3) is 4.67. The van der Waals surface area contributed by atoms with Crippen LogP contribution in [0.25, 0.3) is 38.5 Å². The van der Waals surface area contributed by atoms with Gasteiger partial charge < -0.3 is 14.4 Å². The van der Waals surface area contributed by atoms with Gasteiger partial charge in [0.05, 0.1) is 0 Å². The molecule has 0 aliphatic rings. The van der Waals surface area contributed by atoms with E-state index >= 15 is 0 Å². The van der Waals surface area contributed by atoms with Crippen LogP contribution in [0.15, 0.2) is 60.8 Å². The summed E-state index contributed by atoms with van der Waals surface area (Å²) in [6, 6.07) is 21.6. The van der Waals surface area contributed by atoms with Crippen molar-refractivity contribution in [3.05, 3.63) is 94.7 Å². The molecule has 40 heavy (non-hydrogen) atoms. The van der Waals surface area contributed by atoms with Crippen LogP contribution >= 0.6 is 0 Å². The van der Waals surface area contributed by atoms with Gasteiger partial charge in [-0.15, -0.1) is 17.7 Å². The Morgan fingerprint density at radius 3 is 2.30 bits per heavy atom. The van der Waals surface area contributed by atoms with Crippen LogP contribution in [-0.2, 0) is 26.5 Å². The third-order valence-corrected chi connectivity index (χ3v) is 7.46. The largest absolute Gasteiger partial charge is 0.506 e. The molecule has 1 N–H and O–H groups in total. The molecule has 206 valence electrons. The quantitative estimate of drug-likeness (QED) is 0.187. The van der Waals surface area contributed by atoms with Gasteiger partial charge in [-0.1, -0.05) is 62.4 Å². The number of phenols is 1. The SMILES string of the molecule is Cc1ccc(-n2c3[c-]c(Oc4ccc5cc(C(C)(C)C)cc(O)c5n4)cc(C)c3c3c(C)ccc(C)c32)nc1.[Pt]. The normalized spacial score (nSPS) is 11.8. The second-order valence-electron chi connectivity index (χ2n) is 11.6. The Balaban J connectivity index is 0.00000323. The molecule has 0 atom stereocenters. The molecule has 0 aliphatic carbocycles. The zero-order valence-corrected chi connectivity index (χ0v) is 26.1. The van der Waals surface area contributed by atoms with Crippen LogP contribution in [0.1, 0.15) is 48.6 Å². The number of nitrogens with zero attached hydrogens (tertiary/aromatic N) is 3. The number of phenolic OH excluding ortho intramolecular Hbond substituents is 1. The van der Waals surface area contributed by atoms with Crippen molar-refractivity contribution in [1.29, 1.82) is 0 Å². The molecule has 5 nitrogen and oxygen atoms in total. The summed E-state index contributed by atoms with van der Waals surface area (Å²) >= 11 is 0. The molecule has 3 heterocycles. The van der Waals surface area contributed by atoms with Crippen LogP contribution in [0.4, 0.5) is 0 Å². The molecule has 0 fully saturated rings. The standard InChI is InChI=1S/C34H32N3O2.Pt/c1-19-8-12-28(35-18-19)37-26-17-25(14-22(4)30(26)31-20(2)9-10-21(3)33(31)37)39-29-13-11-23-15-24(34(5,6)7)16-27(38)32(23)36-29;/h8-16,18,38H,1-7H3;/q-1;. The van der Waals surface area contributed by atoms with Crippen molar-refractivity contribution >= 4 is 32.7 Å². The molecule has 3 aromatic carbocycles. The maximum Gasteiger partial charge on any atom is 0.217 e. The second-order valence-corrected chi connectivity index (χ2v) is 11.6.